The Morgan fingerprint density at radius 2 is 1.13 bits per heavy atom. The van der Waals surface area contributed by atoms with E-state index in [9.17, 15) is 57.8 Å². The molecule has 4 heterocycles. The number of likely N-dealkylation sites (tertiary alicyclic amines) is 1. The Morgan fingerprint density at radius 1 is 0.623 bits per heavy atom. The highest BCUT2D eigenvalue weighted by molar-refractivity contribution is 5.99. The molecule has 1 aliphatic rings. The molecule has 77 heavy (non-hydrogen) atoms. The first-order chi connectivity index (χ1) is 36.7. The second-order valence-electron chi connectivity index (χ2n) is 18.8. The molecule has 1 aromatic carbocycles. The van der Waals surface area contributed by atoms with Gasteiger partial charge in [-0.25, -0.2) is 19.7 Å². The number of primary amides is 2. The van der Waals surface area contributed by atoms with Crippen LogP contribution in [-0.2, 0) is 78.4 Å². The minimum Gasteiger partial charge on any atom is -0.480 e. The number of benzene rings is 1. The van der Waals surface area contributed by atoms with Gasteiger partial charge in [0.25, 0.3) is 0 Å². The largest absolute Gasteiger partial charge is 0.480 e. The summed E-state index contributed by atoms with van der Waals surface area (Å²) in [5.41, 5.74) is 18.8. The highest BCUT2D eigenvalue weighted by Crippen LogP contribution is 2.21. The lowest BCUT2D eigenvalue weighted by Gasteiger charge is -2.31. The molecule has 10 amide bonds. The first kappa shape index (κ1) is 58.9. The van der Waals surface area contributed by atoms with Crippen LogP contribution in [0.2, 0.25) is 0 Å². The number of H-pyrrole nitrogens is 3. The molecule has 0 unspecified atom stereocenters. The quantitative estimate of drug-likeness (QED) is 0.0234. The van der Waals surface area contributed by atoms with Gasteiger partial charge >= 0.3 is 5.97 Å². The summed E-state index contributed by atoms with van der Waals surface area (Å²) in [4.78, 5) is 168. The smallest absolute Gasteiger partial charge is 0.326 e. The number of carboxylic acid groups (broad SMARTS) is 1. The van der Waals surface area contributed by atoms with Crippen molar-refractivity contribution < 1.29 is 57.8 Å². The molecule has 3 aromatic heterocycles. The van der Waals surface area contributed by atoms with E-state index >= 15 is 0 Å². The van der Waals surface area contributed by atoms with Crippen molar-refractivity contribution in [1.82, 2.24) is 72.0 Å². The molecule has 29 heteroatoms. The first-order valence-corrected chi connectivity index (χ1v) is 24.6. The van der Waals surface area contributed by atoms with Crippen molar-refractivity contribution in [2.45, 2.75) is 120 Å². The maximum atomic E-state index is 14.7. The average Bonchev–Trinajstić information content (AvgIpc) is 4.25. The van der Waals surface area contributed by atoms with Gasteiger partial charge in [-0.05, 0) is 30.7 Å². The van der Waals surface area contributed by atoms with E-state index in [1.54, 1.807) is 44.2 Å². The van der Waals surface area contributed by atoms with E-state index in [0.717, 1.165) is 0 Å². The van der Waals surface area contributed by atoms with Crippen molar-refractivity contribution in [3.63, 3.8) is 0 Å². The van der Waals surface area contributed by atoms with Crippen molar-refractivity contribution in [2.75, 3.05) is 13.1 Å². The predicted octanol–water partition coefficient (Wildman–Crippen LogP) is -4.65. The van der Waals surface area contributed by atoms with Gasteiger partial charge in [-0.1, -0.05) is 44.2 Å². The molecule has 4 aromatic rings. The molecule has 1 saturated heterocycles. The molecule has 0 aliphatic carbocycles. The van der Waals surface area contributed by atoms with Crippen LogP contribution in [0, 0.1) is 5.92 Å². The Morgan fingerprint density at radius 3 is 1.66 bits per heavy atom. The lowest BCUT2D eigenvalue weighted by Crippen LogP contribution is -2.60. The number of amides is 10. The monoisotopic (exact) mass is 1070 g/mol. The fraction of sp³-hybridized carbons (Fsp3) is 0.458. The number of hydrogen-bond donors (Lipinski definition) is 14. The SMILES string of the molecule is CC(C)C[C@H](NC(=O)[C@@H]1CCCN1C(=O)[C@H](Cc1ccccc1)NC(=O)[C@H](Cc1cnc[nH]1)NC(=O)[C@H](CC(N)=O)NC(=O)[C@@H](N)Cc1cnc[nH]1)C(=O)NCC(=O)N[C@@H](CC(N)=O)C(=O)N[C@@H](Cc1cnc[nH]1)C(=O)O. The second kappa shape index (κ2) is 28.6. The molecular formula is C48H65N17O12. The third-order valence-corrected chi connectivity index (χ3v) is 12.1. The molecule has 29 nitrogen and oxygen atoms in total. The van der Waals surface area contributed by atoms with E-state index in [1.807, 2.05) is 0 Å². The Labute approximate surface area is 440 Å². The zero-order valence-corrected chi connectivity index (χ0v) is 42.3. The molecule has 1 fully saturated rings. The maximum Gasteiger partial charge on any atom is 0.326 e. The van der Waals surface area contributed by atoms with Crippen molar-refractivity contribution >= 4 is 65.0 Å². The van der Waals surface area contributed by atoms with E-state index < -0.39 is 133 Å². The first-order valence-electron chi connectivity index (χ1n) is 24.6. The van der Waals surface area contributed by atoms with E-state index in [4.69, 9.17) is 17.2 Å². The summed E-state index contributed by atoms with van der Waals surface area (Å²) >= 11 is 0. The van der Waals surface area contributed by atoms with Gasteiger partial charge in [0.15, 0.2) is 0 Å². The number of carbonyl (C=O) groups is 11. The zero-order valence-electron chi connectivity index (χ0n) is 42.3. The fourth-order valence-electron chi connectivity index (χ4n) is 8.34. The molecule has 0 saturated carbocycles. The number of carboxylic acids is 1. The summed E-state index contributed by atoms with van der Waals surface area (Å²) < 4.78 is 0. The van der Waals surface area contributed by atoms with Crippen LogP contribution in [0.25, 0.3) is 0 Å². The van der Waals surface area contributed by atoms with Crippen LogP contribution in [0.5, 0.6) is 0 Å². The van der Waals surface area contributed by atoms with Gasteiger partial charge in [0.2, 0.25) is 59.1 Å². The molecule has 414 valence electrons. The van der Waals surface area contributed by atoms with Crippen LogP contribution in [0.3, 0.4) is 0 Å². The highest BCUT2D eigenvalue weighted by Gasteiger charge is 2.40. The van der Waals surface area contributed by atoms with E-state index in [1.165, 1.54) is 42.5 Å². The van der Waals surface area contributed by atoms with Gasteiger partial charge < -0.3 is 79.4 Å². The summed E-state index contributed by atoms with van der Waals surface area (Å²) in [6.07, 6.45) is 6.98. The van der Waals surface area contributed by atoms with Crippen molar-refractivity contribution in [2.24, 2.45) is 23.1 Å². The van der Waals surface area contributed by atoms with Gasteiger partial charge in [0.1, 0.15) is 42.3 Å². The molecule has 0 radical (unpaired) electrons. The molecule has 1 aliphatic heterocycles. The fourth-order valence-corrected chi connectivity index (χ4v) is 8.34. The number of aromatic nitrogens is 6. The van der Waals surface area contributed by atoms with Crippen LogP contribution in [0.15, 0.2) is 67.9 Å². The number of hydrogen-bond acceptors (Lipinski definition) is 15. The maximum absolute atomic E-state index is 14.7. The van der Waals surface area contributed by atoms with Gasteiger partial charge in [0.05, 0.1) is 44.4 Å². The molecular weight excluding hydrogens is 1010 g/mol. The molecule has 0 spiro atoms. The number of nitrogens with zero attached hydrogens (tertiary/aromatic N) is 4. The van der Waals surface area contributed by atoms with Crippen molar-refractivity contribution in [3.05, 3.63) is 90.5 Å². The van der Waals surface area contributed by atoms with Gasteiger partial charge in [-0.2, -0.15) is 0 Å². The minimum absolute atomic E-state index is 0.00809. The van der Waals surface area contributed by atoms with Gasteiger partial charge in [-0.3, -0.25) is 47.9 Å². The molecule has 17 N–H and O–H groups in total. The lowest BCUT2D eigenvalue weighted by molar-refractivity contribution is -0.142. The topological polar surface area (TPSA) is 460 Å². The standard InChI is InChI=1S/C48H65N17O12/c1-25(2)11-31(42(70)55-21-40(68)59-33(16-38(50)66)44(72)64-36(48(76)77)15-29-20-54-24-58-29)62-46(74)37-9-6-10-65(37)47(75)35(12-26-7-4-3-5-8-26)63-43(71)32(14-28-19-53-23-57-28)61-45(73)34(17-39(51)67)60-41(69)30(49)13-27-18-52-22-56-27/h3-5,7-8,18-20,22-25,30-37H,6,9-17,21,49H2,1-2H3,(H2,50,66)(H2,51,67)(H,52,56)(H,53,57)(H,54,58)(H,55,70)(H,59,68)(H,60,69)(H,61,73)(H,62,74)(H,63,71)(H,64,72)(H,76,77)/t30-,31-,32-,33-,34-,35-,36-,37-/m0/s1. The normalized spacial score (nSPS) is 15.8. The summed E-state index contributed by atoms with van der Waals surface area (Å²) in [6.45, 7) is 2.88. The number of imidazole rings is 3. The van der Waals surface area contributed by atoms with Gasteiger partial charge in [-0.15, -0.1) is 0 Å². The van der Waals surface area contributed by atoms with Crippen LogP contribution >= 0.6 is 0 Å². The summed E-state index contributed by atoms with van der Waals surface area (Å²) in [6, 6.07) is -2.42. The Kier molecular flexibility index (Phi) is 21.9. The Hall–Kier alpha value is -9.02. The zero-order chi connectivity index (χ0) is 56.2. The summed E-state index contributed by atoms with van der Waals surface area (Å²) in [5, 5.41) is 27.1. The minimum atomic E-state index is -1.63. The van der Waals surface area contributed by atoms with Crippen LogP contribution in [0.4, 0.5) is 0 Å². The average molecular weight is 1070 g/mol. The highest BCUT2D eigenvalue weighted by atomic mass is 16.4. The van der Waals surface area contributed by atoms with Crippen molar-refractivity contribution in [1.29, 1.82) is 0 Å². The molecule has 8 atom stereocenters. The third kappa shape index (κ3) is 18.7. The molecule has 0 bridgehead atoms. The summed E-state index contributed by atoms with van der Waals surface area (Å²) in [5.74, 6) is -10.4. The number of aromatic amines is 3. The third-order valence-electron chi connectivity index (χ3n) is 12.1. The second-order valence-corrected chi connectivity index (χ2v) is 18.8. The number of nitrogens with one attached hydrogen (secondary N) is 10. The van der Waals surface area contributed by atoms with Crippen LogP contribution in [-0.4, -0.2) is 166 Å². The number of carbonyl (C=O) groups excluding carboxylic acids is 10. The van der Waals surface area contributed by atoms with E-state index in [-0.39, 0.29) is 51.0 Å². The van der Waals surface area contributed by atoms with E-state index in [0.29, 0.717) is 29.1 Å². The van der Waals surface area contributed by atoms with Crippen LogP contribution in [0.1, 0.15) is 68.6 Å². The van der Waals surface area contributed by atoms with Crippen molar-refractivity contribution in [3.8, 4) is 0 Å². The summed E-state index contributed by atoms with van der Waals surface area (Å²) in [7, 11) is 0. The number of aliphatic carboxylic acids is 1. The van der Waals surface area contributed by atoms with Crippen LogP contribution < -0.4 is 54.4 Å². The number of rotatable bonds is 30. The molecule has 5 rings (SSSR count). The number of nitrogens with two attached hydrogens (primary N) is 3. The van der Waals surface area contributed by atoms with E-state index in [2.05, 4.69) is 67.1 Å². The predicted molar refractivity (Wildman–Crippen MR) is 269 cm³/mol. The Bertz CT molecular complexity index is 2670. The lowest BCUT2D eigenvalue weighted by atomic mass is 10.0. The Balaban J connectivity index is 1.28. The van der Waals surface area contributed by atoms with Gasteiger partial charge in [0, 0.05) is 67.9 Å².